The molecule has 0 aliphatic rings. The second kappa shape index (κ2) is 8.43. The number of urea groups is 1. The van der Waals surface area contributed by atoms with Crippen molar-refractivity contribution >= 4 is 11.9 Å². The van der Waals surface area contributed by atoms with Crippen LogP contribution in [0.3, 0.4) is 0 Å². The van der Waals surface area contributed by atoms with Gasteiger partial charge in [0.25, 0.3) is 5.91 Å². The highest BCUT2D eigenvalue weighted by Crippen LogP contribution is 2.32. The number of rotatable bonds is 5. The molecule has 2 rings (SSSR count). The maximum Gasteiger partial charge on any atom is 0.333 e. The number of benzene rings is 1. The van der Waals surface area contributed by atoms with Crippen molar-refractivity contribution in [3.8, 4) is 11.5 Å². The van der Waals surface area contributed by atoms with E-state index in [2.05, 4.69) is 16.2 Å². The van der Waals surface area contributed by atoms with E-state index in [0.717, 1.165) is 0 Å². The van der Waals surface area contributed by atoms with Crippen LogP contribution in [0.1, 0.15) is 40.4 Å². The monoisotopic (exact) mass is 379 g/mol. The number of carbonyl (C=O) groups excluding carboxylic acids is 2. The van der Waals surface area contributed by atoms with Crippen LogP contribution in [0.5, 0.6) is 11.5 Å². The lowest BCUT2D eigenvalue weighted by atomic mass is 10.1. The first-order valence-electron chi connectivity index (χ1n) is 8.12. The van der Waals surface area contributed by atoms with E-state index in [9.17, 15) is 14.0 Å². The minimum atomic E-state index is -0.706. The van der Waals surface area contributed by atoms with Crippen molar-refractivity contribution in [1.82, 2.24) is 16.2 Å². The van der Waals surface area contributed by atoms with E-state index >= 15 is 0 Å². The highest BCUT2D eigenvalue weighted by molar-refractivity contribution is 5.96. The van der Waals surface area contributed by atoms with Gasteiger partial charge < -0.3 is 19.2 Å². The fraction of sp³-hybridized carbons (Fsp3) is 0.333. The van der Waals surface area contributed by atoms with Gasteiger partial charge in [0.2, 0.25) is 0 Å². The second-order valence-electron chi connectivity index (χ2n) is 5.83. The Hall–Kier alpha value is -3.23. The molecule has 0 saturated carbocycles. The van der Waals surface area contributed by atoms with Crippen LogP contribution in [0.25, 0.3) is 0 Å². The molecule has 146 valence electrons. The van der Waals surface area contributed by atoms with Gasteiger partial charge in [0.15, 0.2) is 11.5 Å². The summed E-state index contributed by atoms with van der Waals surface area (Å²) in [6.07, 6.45) is 0. The van der Waals surface area contributed by atoms with E-state index in [4.69, 9.17) is 13.9 Å². The van der Waals surface area contributed by atoms with E-state index in [1.807, 2.05) is 0 Å². The van der Waals surface area contributed by atoms with Crippen molar-refractivity contribution in [3.63, 3.8) is 0 Å². The summed E-state index contributed by atoms with van der Waals surface area (Å²) in [6, 6.07) is 2.78. The number of aryl methyl sites for hydroxylation is 2. The van der Waals surface area contributed by atoms with Crippen molar-refractivity contribution in [2.75, 3.05) is 14.2 Å². The summed E-state index contributed by atoms with van der Waals surface area (Å²) >= 11 is 0. The summed E-state index contributed by atoms with van der Waals surface area (Å²) in [6.45, 7) is 4.95. The van der Waals surface area contributed by atoms with Crippen LogP contribution in [0.4, 0.5) is 9.18 Å². The zero-order valence-electron chi connectivity index (χ0n) is 15.7. The molecule has 1 aromatic carbocycles. The SMILES string of the molecule is COc1cc(F)c([C@H](C)NC(=O)NNC(=O)c2cc(C)oc2C)cc1OC. The maximum atomic E-state index is 14.2. The molecular formula is C18H22FN3O5. The van der Waals surface area contributed by atoms with Crippen molar-refractivity contribution in [1.29, 1.82) is 0 Å². The van der Waals surface area contributed by atoms with Gasteiger partial charge in [-0.15, -0.1) is 0 Å². The van der Waals surface area contributed by atoms with Crippen molar-refractivity contribution in [2.45, 2.75) is 26.8 Å². The van der Waals surface area contributed by atoms with Crippen LogP contribution in [-0.4, -0.2) is 26.2 Å². The number of hydrogen-bond acceptors (Lipinski definition) is 5. The minimum Gasteiger partial charge on any atom is -0.493 e. The molecular weight excluding hydrogens is 357 g/mol. The molecule has 0 unspecified atom stereocenters. The average molecular weight is 379 g/mol. The van der Waals surface area contributed by atoms with Gasteiger partial charge in [0.1, 0.15) is 17.3 Å². The Labute approximate surface area is 156 Å². The summed E-state index contributed by atoms with van der Waals surface area (Å²) in [7, 11) is 2.83. The topological polar surface area (TPSA) is 102 Å². The summed E-state index contributed by atoms with van der Waals surface area (Å²) in [5.41, 5.74) is 5.00. The molecule has 0 spiro atoms. The molecule has 2 aromatic rings. The summed E-state index contributed by atoms with van der Waals surface area (Å²) < 4.78 is 29.7. The van der Waals surface area contributed by atoms with Gasteiger partial charge in [-0.1, -0.05) is 0 Å². The summed E-state index contributed by atoms with van der Waals surface area (Å²) in [5, 5.41) is 2.53. The van der Waals surface area contributed by atoms with Crippen LogP contribution in [0, 0.1) is 19.7 Å². The van der Waals surface area contributed by atoms with E-state index in [1.165, 1.54) is 26.4 Å². The molecule has 1 atom stereocenters. The molecule has 9 heteroatoms. The number of carbonyl (C=O) groups is 2. The van der Waals surface area contributed by atoms with Gasteiger partial charge in [-0.25, -0.2) is 14.6 Å². The van der Waals surface area contributed by atoms with Crippen LogP contribution in [0.15, 0.2) is 22.6 Å². The number of hydrazine groups is 1. The first kappa shape index (κ1) is 20.1. The predicted octanol–water partition coefficient (Wildman–Crippen LogP) is 2.76. The number of halogens is 1. The number of ether oxygens (including phenoxy) is 2. The van der Waals surface area contributed by atoms with Crippen molar-refractivity contribution in [2.24, 2.45) is 0 Å². The quantitative estimate of drug-likeness (QED) is 0.694. The van der Waals surface area contributed by atoms with Gasteiger partial charge in [-0.3, -0.25) is 10.2 Å². The molecule has 1 aromatic heterocycles. The van der Waals surface area contributed by atoms with Gasteiger partial charge in [-0.05, 0) is 32.9 Å². The number of nitrogens with one attached hydrogen (secondary N) is 3. The Morgan fingerprint density at radius 2 is 1.70 bits per heavy atom. The maximum absolute atomic E-state index is 14.2. The molecule has 0 aliphatic carbocycles. The molecule has 0 bridgehead atoms. The van der Waals surface area contributed by atoms with Gasteiger partial charge in [0, 0.05) is 11.6 Å². The standard InChI is InChI=1S/C18H22FN3O5/c1-9-6-13(11(3)27-9)17(23)21-22-18(24)20-10(2)12-7-15(25-4)16(26-5)8-14(12)19/h6-8,10H,1-5H3,(H,21,23)(H2,20,22,24)/t10-/m0/s1. The fourth-order valence-corrected chi connectivity index (χ4v) is 2.55. The molecule has 8 nitrogen and oxygen atoms in total. The average Bonchev–Trinajstić information content (AvgIpc) is 2.97. The van der Waals surface area contributed by atoms with Gasteiger partial charge in [0.05, 0.1) is 25.8 Å². The van der Waals surface area contributed by atoms with Crippen molar-refractivity contribution in [3.05, 3.63) is 46.7 Å². The molecule has 27 heavy (non-hydrogen) atoms. The summed E-state index contributed by atoms with van der Waals surface area (Å²) in [4.78, 5) is 24.0. The van der Waals surface area contributed by atoms with Crippen LogP contribution >= 0.6 is 0 Å². The zero-order valence-corrected chi connectivity index (χ0v) is 15.7. The third-order valence-electron chi connectivity index (χ3n) is 3.89. The highest BCUT2D eigenvalue weighted by Gasteiger charge is 2.19. The van der Waals surface area contributed by atoms with E-state index in [-0.39, 0.29) is 11.3 Å². The third-order valence-corrected chi connectivity index (χ3v) is 3.89. The first-order valence-corrected chi connectivity index (χ1v) is 8.12. The summed E-state index contributed by atoms with van der Waals surface area (Å²) in [5.74, 6) is 0.515. The lowest BCUT2D eigenvalue weighted by Crippen LogP contribution is -2.47. The largest absolute Gasteiger partial charge is 0.493 e. The molecule has 0 saturated heterocycles. The molecule has 1 heterocycles. The third kappa shape index (κ3) is 4.69. The van der Waals surface area contributed by atoms with Gasteiger partial charge >= 0.3 is 6.03 Å². The number of furan rings is 1. The van der Waals surface area contributed by atoms with Gasteiger partial charge in [-0.2, -0.15) is 0 Å². The molecule has 3 amide bonds. The molecule has 0 fully saturated rings. The van der Waals surface area contributed by atoms with E-state index < -0.39 is 23.8 Å². The smallest absolute Gasteiger partial charge is 0.333 e. The minimum absolute atomic E-state index is 0.204. The molecule has 0 aliphatic heterocycles. The highest BCUT2D eigenvalue weighted by atomic mass is 19.1. The first-order chi connectivity index (χ1) is 12.8. The Morgan fingerprint density at radius 1 is 1.07 bits per heavy atom. The predicted molar refractivity (Wildman–Crippen MR) is 95.2 cm³/mol. The molecule has 0 radical (unpaired) electrons. The number of hydrogen-bond donors (Lipinski definition) is 3. The number of methoxy groups -OCH3 is 2. The van der Waals surface area contributed by atoms with Crippen molar-refractivity contribution < 1.29 is 27.9 Å². The Bertz CT molecular complexity index is 850. The van der Waals surface area contributed by atoms with E-state index in [1.54, 1.807) is 26.8 Å². The van der Waals surface area contributed by atoms with Crippen LogP contribution in [-0.2, 0) is 0 Å². The normalized spacial score (nSPS) is 11.5. The Kier molecular flexibility index (Phi) is 6.27. The molecule has 3 N–H and O–H groups in total. The lowest BCUT2D eigenvalue weighted by molar-refractivity contribution is 0.0934. The van der Waals surface area contributed by atoms with Crippen LogP contribution in [0.2, 0.25) is 0 Å². The Morgan fingerprint density at radius 3 is 2.26 bits per heavy atom. The van der Waals surface area contributed by atoms with E-state index in [0.29, 0.717) is 22.8 Å². The lowest BCUT2D eigenvalue weighted by Gasteiger charge is -2.18. The number of amides is 3. The zero-order chi connectivity index (χ0) is 20.1. The fourth-order valence-electron chi connectivity index (χ4n) is 2.55. The van der Waals surface area contributed by atoms with Crippen LogP contribution < -0.4 is 25.6 Å². The Balaban J connectivity index is 1.99. The second-order valence-corrected chi connectivity index (χ2v) is 5.83.